The highest BCUT2D eigenvalue weighted by Gasteiger charge is 2.43. The molecule has 0 saturated carbocycles. The summed E-state index contributed by atoms with van der Waals surface area (Å²) in [5.41, 5.74) is 0. The Kier molecular flexibility index (Phi) is 3.26. The van der Waals surface area contributed by atoms with Crippen LogP contribution in [0.4, 0.5) is 0 Å². The van der Waals surface area contributed by atoms with Crippen LogP contribution in [0.5, 0.6) is 0 Å². The Morgan fingerprint density at radius 2 is 2.00 bits per heavy atom. The van der Waals surface area contributed by atoms with Crippen LogP contribution in [-0.2, 0) is 19.2 Å². The van der Waals surface area contributed by atoms with Crippen molar-refractivity contribution in [2.24, 2.45) is 5.92 Å². The third-order valence-corrected chi connectivity index (χ3v) is 2.37. The predicted molar refractivity (Wildman–Crippen MR) is 49.3 cm³/mol. The normalized spacial score (nSPS) is 22.3. The molecule has 2 atom stereocenters. The molecule has 1 aliphatic heterocycles. The van der Waals surface area contributed by atoms with E-state index in [-0.39, 0.29) is 6.42 Å². The summed E-state index contributed by atoms with van der Waals surface area (Å²) in [5.74, 6) is -4.70. The predicted octanol–water partition coefficient (Wildman–Crippen LogP) is -0.691. The first kappa shape index (κ1) is 12.2. The molecule has 7 heteroatoms. The van der Waals surface area contributed by atoms with Crippen LogP contribution in [0.15, 0.2) is 0 Å². The molecule has 0 aliphatic carbocycles. The molecule has 2 amide bonds. The minimum absolute atomic E-state index is 0.0672. The Balaban J connectivity index is 2.94. The van der Waals surface area contributed by atoms with Gasteiger partial charge in [0.15, 0.2) is 0 Å². The molecule has 1 heterocycles. The van der Waals surface area contributed by atoms with E-state index in [1.165, 1.54) is 6.92 Å². The number of carboxylic acid groups (broad SMARTS) is 2. The van der Waals surface area contributed by atoms with Crippen LogP contribution in [0.2, 0.25) is 0 Å². The number of hydrogen-bond acceptors (Lipinski definition) is 4. The van der Waals surface area contributed by atoms with Crippen molar-refractivity contribution < 1.29 is 29.4 Å². The Morgan fingerprint density at radius 1 is 1.44 bits per heavy atom. The van der Waals surface area contributed by atoms with Gasteiger partial charge in [0, 0.05) is 12.3 Å². The molecule has 0 radical (unpaired) electrons. The number of hydrogen-bond donors (Lipinski definition) is 2. The molecule has 1 rings (SSSR count). The maximum absolute atomic E-state index is 11.5. The van der Waals surface area contributed by atoms with Crippen LogP contribution in [-0.4, -0.2) is 44.9 Å². The van der Waals surface area contributed by atoms with Crippen molar-refractivity contribution in [3.05, 3.63) is 0 Å². The third kappa shape index (κ3) is 2.18. The molecule has 2 N–H and O–H groups in total. The number of aliphatic carboxylic acids is 2. The number of nitrogens with zero attached hydrogens (tertiary/aromatic N) is 1. The summed E-state index contributed by atoms with van der Waals surface area (Å²) in [5, 5.41) is 17.3. The number of likely N-dealkylation sites (tertiary alicyclic amines) is 1. The van der Waals surface area contributed by atoms with Crippen LogP contribution >= 0.6 is 0 Å². The summed E-state index contributed by atoms with van der Waals surface area (Å²) >= 11 is 0. The van der Waals surface area contributed by atoms with Gasteiger partial charge in [0.05, 0.1) is 6.42 Å². The van der Waals surface area contributed by atoms with E-state index in [0.29, 0.717) is 4.90 Å². The van der Waals surface area contributed by atoms with Gasteiger partial charge in [-0.25, -0.2) is 4.79 Å². The van der Waals surface area contributed by atoms with Crippen molar-refractivity contribution in [2.45, 2.75) is 25.8 Å². The van der Waals surface area contributed by atoms with Crippen LogP contribution in [0.25, 0.3) is 0 Å². The fourth-order valence-corrected chi connectivity index (χ4v) is 1.59. The van der Waals surface area contributed by atoms with Crippen molar-refractivity contribution in [1.29, 1.82) is 0 Å². The van der Waals surface area contributed by atoms with Crippen molar-refractivity contribution in [2.75, 3.05) is 0 Å². The Morgan fingerprint density at radius 3 is 2.31 bits per heavy atom. The van der Waals surface area contributed by atoms with Gasteiger partial charge in [-0.1, -0.05) is 6.92 Å². The second-order valence-corrected chi connectivity index (χ2v) is 3.66. The van der Waals surface area contributed by atoms with Gasteiger partial charge in [0.1, 0.15) is 6.04 Å². The molecule has 0 spiro atoms. The molecule has 88 valence electrons. The number of carboxylic acids is 2. The maximum Gasteiger partial charge on any atom is 0.327 e. The van der Waals surface area contributed by atoms with E-state index in [9.17, 15) is 19.2 Å². The highest BCUT2D eigenvalue weighted by Crippen LogP contribution is 2.22. The van der Waals surface area contributed by atoms with Gasteiger partial charge in [0.2, 0.25) is 11.8 Å². The van der Waals surface area contributed by atoms with E-state index < -0.39 is 42.1 Å². The average molecular weight is 229 g/mol. The largest absolute Gasteiger partial charge is 0.481 e. The summed E-state index contributed by atoms with van der Waals surface area (Å²) in [6.45, 7) is 1.50. The maximum atomic E-state index is 11.5. The molecule has 16 heavy (non-hydrogen) atoms. The lowest BCUT2D eigenvalue weighted by Crippen LogP contribution is -2.46. The van der Waals surface area contributed by atoms with Gasteiger partial charge >= 0.3 is 11.9 Å². The van der Waals surface area contributed by atoms with E-state index in [2.05, 4.69) is 0 Å². The smallest absolute Gasteiger partial charge is 0.327 e. The molecule has 1 aliphatic rings. The first-order chi connectivity index (χ1) is 7.34. The monoisotopic (exact) mass is 229 g/mol. The topological polar surface area (TPSA) is 112 Å². The molecule has 1 fully saturated rings. The van der Waals surface area contributed by atoms with E-state index in [1.54, 1.807) is 0 Å². The number of carbonyl (C=O) groups is 4. The first-order valence-corrected chi connectivity index (χ1v) is 4.65. The van der Waals surface area contributed by atoms with E-state index >= 15 is 0 Å². The van der Waals surface area contributed by atoms with Crippen LogP contribution in [0.1, 0.15) is 19.8 Å². The zero-order valence-corrected chi connectivity index (χ0v) is 8.54. The zero-order chi connectivity index (χ0) is 12.5. The Bertz CT molecular complexity index is 363. The van der Waals surface area contributed by atoms with Crippen molar-refractivity contribution in [1.82, 2.24) is 4.90 Å². The number of rotatable bonds is 4. The minimum Gasteiger partial charge on any atom is -0.481 e. The standard InChI is InChI=1S/C9H11NO6/c1-4-2-6(11)10(8(4)14)5(9(15)16)3-7(12)13/h4-5H,2-3H2,1H3,(H,12,13)(H,15,16). The number of amides is 2. The molecule has 0 aromatic heterocycles. The highest BCUT2D eigenvalue weighted by molar-refractivity contribution is 6.06. The third-order valence-electron chi connectivity index (χ3n) is 2.37. The van der Waals surface area contributed by atoms with Gasteiger partial charge in [-0.15, -0.1) is 0 Å². The average Bonchev–Trinajstić information content (AvgIpc) is 2.38. The number of imide groups is 1. The number of carbonyl (C=O) groups excluding carboxylic acids is 2. The molecule has 0 aromatic rings. The lowest BCUT2D eigenvalue weighted by molar-refractivity contribution is -0.157. The van der Waals surface area contributed by atoms with Gasteiger partial charge in [0.25, 0.3) is 0 Å². The van der Waals surface area contributed by atoms with Crippen LogP contribution < -0.4 is 0 Å². The molecule has 7 nitrogen and oxygen atoms in total. The molecule has 0 aromatic carbocycles. The highest BCUT2D eigenvalue weighted by atomic mass is 16.4. The van der Waals surface area contributed by atoms with Gasteiger partial charge in [-0.3, -0.25) is 19.3 Å². The van der Waals surface area contributed by atoms with Crippen molar-refractivity contribution >= 4 is 23.8 Å². The summed E-state index contributed by atoms with van der Waals surface area (Å²) in [7, 11) is 0. The Hall–Kier alpha value is -1.92. The van der Waals surface area contributed by atoms with E-state index in [1.807, 2.05) is 0 Å². The quantitative estimate of drug-likeness (QED) is 0.617. The zero-order valence-electron chi connectivity index (χ0n) is 8.54. The molecule has 1 saturated heterocycles. The summed E-state index contributed by atoms with van der Waals surface area (Å²) in [6, 6.07) is -1.61. The van der Waals surface area contributed by atoms with E-state index in [0.717, 1.165) is 0 Å². The second kappa shape index (κ2) is 4.30. The molecular weight excluding hydrogens is 218 g/mol. The fraction of sp³-hybridized carbons (Fsp3) is 0.556. The van der Waals surface area contributed by atoms with Gasteiger partial charge in [-0.05, 0) is 0 Å². The molecular formula is C9H11NO6. The van der Waals surface area contributed by atoms with Crippen LogP contribution in [0.3, 0.4) is 0 Å². The summed E-state index contributed by atoms with van der Waals surface area (Å²) in [4.78, 5) is 44.7. The second-order valence-electron chi connectivity index (χ2n) is 3.66. The van der Waals surface area contributed by atoms with Gasteiger partial charge < -0.3 is 10.2 Å². The van der Waals surface area contributed by atoms with E-state index in [4.69, 9.17) is 10.2 Å². The molecule has 2 unspecified atom stereocenters. The molecule has 0 bridgehead atoms. The van der Waals surface area contributed by atoms with Crippen molar-refractivity contribution in [3.8, 4) is 0 Å². The lowest BCUT2D eigenvalue weighted by atomic mass is 10.1. The minimum atomic E-state index is -1.61. The fourth-order valence-electron chi connectivity index (χ4n) is 1.59. The SMILES string of the molecule is CC1CC(=O)N(C(CC(=O)O)C(=O)O)C1=O. The summed E-state index contributed by atoms with van der Waals surface area (Å²) < 4.78 is 0. The Labute approximate surface area is 90.6 Å². The first-order valence-electron chi connectivity index (χ1n) is 4.65. The van der Waals surface area contributed by atoms with Gasteiger partial charge in [-0.2, -0.15) is 0 Å². The summed E-state index contributed by atoms with van der Waals surface area (Å²) in [6.07, 6.45) is -0.845. The van der Waals surface area contributed by atoms with Crippen LogP contribution in [0, 0.1) is 5.92 Å². The lowest BCUT2D eigenvalue weighted by Gasteiger charge is -2.21. The van der Waals surface area contributed by atoms with Crippen molar-refractivity contribution in [3.63, 3.8) is 0 Å².